The van der Waals surface area contributed by atoms with Gasteiger partial charge in [0.1, 0.15) is 9.97 Å². The number of amides is 1. The fraction of sp³-hybridized carbons (Fsp3) is 0.500. The first-order valence-corrected chi connectivity index (χ1v) is 12.5. The summed E-state index contributed by atoms with van der Waals surface area (Å²) < 4.78 is 33.0. The third-order valence-electron chi connectivity index (χ3n) is 4.39. The monoisotopic (exact) mass is 493 g/mol. The van der Waals surface area contributed by atoms with Crippen LogP contribution in [0.5, 0.6) is 0 Å². The lowest BCUT2D eigenvalue weighted by Gasteiger charge is -2.33. The van der Waals surface area contributed by atoms with E-state index in [0.717, 1.165) is 20.8 Å². The quantitative estimate of drug-likeness (QED) is 0.614. The summed E-state index contributed by atoms with van der Waals surface area (Å²) in [6.45, 7) is 5.22. The van der Waals surface area contributed by atoms with E-state index in [9.17, 15) is 13.2 Å². The summed E-state index contributed by atoms with van der Waals surface area (Å²) in [6, 6.07) is 3.33. The highest BCUT2D eigenvalue weighted by atomic mass is 79.9. The second kappa shape index (κ2) is 8.64. The molecule has 11 heteroatoms. The number of aryl methyl sites for hydroxylation is 2. The van der Waals surface area contributed by atoms with Crippen LogP contribution in [0.15, 0.2) is 24.7 Å². The molecule has 0 saturated carbocycles. The van der Waals surface area contributed by atoms with E-state index in [2.05, 4.69) is 21.1 Å². The molecule has 0 bridgehead atoms. The van der Waals surface area contributed by atoms with Gasteiger partial charge in [0.15, 0.2) is 0 Å². The molecule has 3 heterocycles. The first-order chi connectivity index (χ1) is 12.8. The first kappa shape index (κ1) is 20.8. The van der Waals surface area contributed by atoms with Gasteiger partial charge in [-0.05, 0) is 41.9 Å². The van der Waals surface area contributed by atoms with Crippen molar-refractivity contribution in [2.75, 3.05) is 31.9 Å². The molecule has 2 aromatic rings. The van der Waals surface area contributed by atoms with Crippen LogP contribution in [-0.4, -0.2) is 60.6 Å². The van der Waals surface area contributed by atoms with E-state index in [1.54, 1.807) is 17.0 Å². The highest BCUT2D eigenvalue weighted by molar-refractivity contribution is 9.11. The van der Waals surface area contributed by atoms with Crippen LogP contribution in [0.3, 0.4) is 0 Å². The molecule has 3 rings (SSSR count). The third kappa shape index (κ3) is 4.76. The number of thioether (sulfide) groups is 1. The van der Waals surface area contributed by atoms with Crippen molar-refractivity contribution in [2.45, 2.75) is 23.8 Å². The molecular weight excluding hydrogens is 474 g/mol. The van der Waals surface area contributed by atoms with Crippen molar-refractivity contribution in [3.63, 3.8) is 0 Å². The van der Waals surface area contributed by atoms with Crippen LogP contribution in [-0.2, 0) is 20.6 Å². The Morgan fingerprint density at radius 2 is 2.00 bits per heavy atom. The number of aromatic nitrogens is 1. The predicted molar refractivity (Wildman–Crippen MR) is 109 cm³/mol. The van der Waals surface area contributed by atoms with E-state index in [4.69, 9.17) is 4.52 Å². The minimum Gasteiger partial charge on any atom is -0.361 e. The topological polar surface area (TPSA) is 83.7 Å². The van der Waals surface area contributed by atoms with E-state index < -0.39 is 10.0 Å². The Labute approximate surface area is 175 Å². The Bertz CT molecular complexity index is 898. The zero-order valence-electron chi connectivity index (χ0n) is 15.0. The zero-order valence-corrected chi connectivity index (χ0v) is 19.0. The van der Waals surface area contributed by atoms with E-state index in [0.29, 0.717) is 41.9 Å². The van der Waals surface area contributed by atoms with Crippen molar-refractivity contribution in [2.24, 2.45) is 0 Å². The molecule has 1 aliphatic heterocycles. The van der Waals surface area contributed by atoms with Crippen LogP contribution >= 0.6 is 39.0 Å². The fourth-order valence-electron chi connectivity index (χ4n) is 2.78. The number of nitrogens with zero attached hydrogens (tertiary/aromatic N) is 3. The number of sulfonamides is 1. The van der Waals surface area contributed by atoms with Crippen LogP contribution in [0.4, 0.5) is 0 Å². The van der Waals surface area contributed by atoms with Gasteiger partial charge in [0.2, 0.25) is 5.91 Å². The van der Waals surface area contributed by atoms with Gasteiger partial charge < -0.3 is 9.42 Å². The number of hydrogen-bond donors (Lipinski definition) is 0. The van der Waals surface area contributed by atoms with Crippen molar-refractivity contribution >= 4 is 55.0 Å². The lowest BCUT2D eigenvalue weighted by atomic mass is 10.2. The van der Waals surface area contributed by atoms with Gasteiger partial charge in [-0.3, -0.25) is 4.79 Å². The number of thiophene rings is 1. The molecule has 148 valence electrons. The summed E-state index contributed by atoms with van der Waals surface area (Å²) in [5.74, 6) is 1.84. The molecule has 1 aliphatic rings. The molecule has 0 atom stereocenters. The zero-order chi connectivity index (χ0) is 19.6. The largest absolute Gasteiger partial charge is 0.361 e. The van der Waals surface area contributed by atoms with Gasteiger partial charge >= 0.3 is 0 Å². The van der Waals surface area contributed by atoms with Crippen molar-refractivity contribution in [1.82, 2.24) is 14.4 Å². The fourth-order valence-corrected chi connectivity index (χ4v) is 7.44. The van der Waals surface area contributed by atoms with Crippen molar-refractivity contribution in [3.8, 4) is 0 Å². The Balaban J connectivity index is 1.49. The average Bonchev–Trinajstić information content (AvgIpc) is 3.22. The molecule has 1 amide bonds. The molecule has 0 aromatic carbocycles. The minimum absolute atomic E-state index is 0.0303. The summed E-state index contributed by atoms with van der Waals surface area (Å²) in [5.41, 5.74) is 1.89. The number of hydrogen-bond acceptors (Lipinski definition) is 7. The summed E-state index contributed by atoms with van der Waals surface area (Å²) in [5, 5.41) is 3.91. The van der Waals surface area contributed by atoms with E-state index in [1.165, 1.54) is 27.4 Å². The van der Waals surface area contributed by atoms with Gasteiger partial charge in [0.05, 0.1) is 15.2 Å². The molecule has 1 saturated heterocycles. The van der Waals surface area contributed by atoms with Crippen LogP contribution in [0.25, 0.3) is 0 Å². The van der Waals surface area contributed by atoms with Crippen LogP contribution < -0.4 is 0 Å². The lowest BCUT2D eigenvalue weighted by Crippen LogP contribution is -2.50. The summed E-state index contributed by atoms with van der Waals surface area (Å²) in [7, 11) is -3.49. The Morgan fingerprint density at radius 1 is 1.30 bits per heavy atom. The van der Waals surface area contributed by atoms with Crippen molar-refractivity contribution in [3.05, 3.63) is 32.9 Å². The molecule has 2 aromatic heterocycles. The van der Waals surface area contributed by atoms with Gasteiger partial charge in [0.25, 0.3) is 10.0 Å². The Kier molecular flexibility index (Phi) is 6.67. The lowest BCUT2D eigenvalue weighted by molar-refractivity contribution is -0.129. The highest BCUT2D eigenvalue weighted by Gasteiger charge is 2.31. The number of rotatable bonds is 6. The maximum atomic E-state index is 12.6. The Hall–Kier alpha value is -0.880. The van der Waals surface area contributed by atoms with Gasteiger partial charge in [-0.1, -0.05) is 5.16 Å². The van der Waals surface area contributed by atoms with Gasteiger partial charge in [-0.2, -0.15) is 4.31 Å². The molecule has 0 aliphatic carbocycles. The third-order valence-corrected chi connectivity index (χ3v) is 9.32. The van der Waals surface area contributed by atoms with Gasteiger partial charge in [-0.15, -0.1) is 23.1 Å². The number of halogens is 1. The molecule has 0 radical (unpaired) electrons. The standard InChI is InChI=1S/C16H20BrN3O4S3/c1-11-13(12(2)24-18-11)9-25-10-15(21)19-5-7-20(8-6-19)27(22,23)16-4-3-14(17)26-16/h3-4H,5-10H2,1-2H3. The number of piperazine rings is 1. The van der Waals surface area contributed by atoms with Crippen molar-refractivity contribution in [1.29, 1.82) is 0 Å². The Morgan fingerprint density at radius 3 is 2.56 bits per heavy atom. The summed E-state index contributed by atoms with van der Waals surface area (Å²) in [6.07, 6.45) is 0. The van der Waals surface area contributed by atoms with E-state index in [-0.39, 0.29) is 5.91 Å². The predicted octanol–water partition coefficient (Wildman–Crippen LogP) is 2.88. The van der Waals surface area contributed by atoms with Crippen LogP contribution in [0.1, 0.15) is 17.0 Å². The molecule has 0 unspecified atom stereocenters. The highest BCUT2D eigenvalue weighted by Crippen LogP contribution is 2.29. The smallest absolute Gasteiger partial charge is 0.252 e. The SMILES string of the molecule is Cc1noc(C)c1CSCC(=O)N1CCN(S(=O)(=O)c2ccc(Br)s2)CC1. The first-order valence-electron chi connectivity index (χ1n) is 8.32. The molecule has 0 spiro atoms. The maximum absolute atomic E-state index is 12.6. The number of carbonyl (C=O) groups is 1. The van der Waals surface area contributed by atoms with Crippen molar-refractivity contribution < 1.29 is 17.7 Å². The van der Waals surface area contributed by atoms with E-state index >= 15 is 0 Å². The van der Waals surface area contributed by atoms with Crippen LogP contribution in [0.2, 0.25) is 0 Å². The second-order valence-corrected chi connectivity index (χ2v) is 11.8. The molecule has 1 fully saturated rings. The average molecular weight is 494 g/mol. The van der Waals surface area contributed by atoms with Gasteiger partial charge in [-0.25, -0.2) is 8.42 Å². The second-order valence-electron chi connectivity index (χ2n) is 6.14. The molecule has 7 nitrogen and oxygen atoms in total. The molecule has 0 N–H and O–H groups in total. The van der Waals surface area contributed by atoms with Crippen LogP contribution in [0, 0.1) is 13.8 Å². The van der Waals surface area contributed by atoms with Gasteiger partial charge in [0, 0.05) is 37.5 Å². The molecule has 27 heavy (non-hydrogen) atoms. The summed E-state index contributed by atoms with van der Waals surface area (Å²) >= 11 is 6.01. The molecular formula is C16H20BrN3O4S3. The minimum atomic E-state index is -3.49. The van der Waals surface area contributed by atoms with E-state index in [1.807, 2.05) is 13.8 Å². The normalized spacial score (nSPS) is 16.0. The summed E-state index contributed by atoms with van der Waals surface area (Å²) in [4.78, 5) is 14.2. The number of carbonyl (C=O) groups excluding carboxylic acids is 1. The maximum Gasteiger partial charge on any atom is 0.252 e.